The summed E-state index contributed by atoms with van der Waals surface area (Å²) in [5.74, 6) is 0. The van der Waals surface area contributed by atoms with Crippen LogP contribution < -0.4 is 29.4 Å². The van der Waals surface area contributed by atoms with Gasteiger partial charge in [0.2, 0.25) is 0 Å². The van der Waals surface area contributed by atoms with Crippen molar-refractivity contribution in [2.24, 2.45) is 0 Å². The van der Waals surface area contributed by atoms with Gasteiger partial charge in [-0.25, -0.2) is 0 Å². The molecule has 0 aliphatic heterocycles. The second kappa shape index (κ2) is 36.4. The Balaban J connectivity index is -0.000000158. The van der Waals surface area contributed by atoms with Gasteiger partial charge in [0.05, 0.1) is 0 Å². The van der Waals surface area contributed by atoms with E-state index in [1.165, 1.54) is 89.9 Å². The number of hydrogen-bond acceptors (Lipinski definition) is 6. The zero-order valence-corrected chi connectivity index (χ0v) is 31.8. The first-order valence-corrected chi connectivity index (χ1v) is 17.2. The Morgan fingerprint density at radius 3 is 0.657 bits per heavy atom. The van der Waals surface area contributed by atoms with Crippen LogP contribution >= 0.6 is 15.9 Å². The molecule has 0 spiro atoms. The third kappa shape index (κ3) is 55.1. The van der Waals surface area contributed by atoms with E-state index in [1.807, 2.05) is 0 Å². The van der Waals surface area contributed by atoms with Crippen molar-refractivity contribution in [1.82, 2.24) is 0 Å². The van der Waals surface area contributed by atoms with Crippen molar-refractivity contribution in [3.63, 3.8) is 0 Å². The van der Waals surface area contributed by atoms with Gasteiger partial charge < -0.3 is 0 Å². The molecule has 0 N–H and O–H groups in total. The van der Waals surface area contributed by atoms with Crippen molar-refractivity contribution in [3.8, 4) is 0 Å². The van der Waals surface area contributed by atoms with Crippen molar-refractivity contribution < 1.29 is 29.4 Å². The minimum atomic E-state index is -4.50. The second-order valence-corrected chi connectivity index (χ2v) is 13.0. The van der Waals surface area contributed by atoms with Crippen LogP contribution in [-0.4, -0.2) is 126 Å². The number of rotatable bonds is 22. The minimum absolute atomic E-state index is 0. The molecule has 0 saturated carbocycles. The normalized spacial score (nSPS) is 11.9. The van der Waals surface area contributed by atoms with E-state index in [1.54, 1.807) is 0 Å². The van der Waals surface area contributed by atoms with Crippen LogP contribution in [0.2, 0.25) is 0 Å². The predicted molar refractivity (Wildman–Crippen MR) is 147 cm³/mol. The molecular formula is C24H52Ca3O6P2. The van der Waals surface area contributed by atoms with Gasteiger partial charge in [0, 0.05) is 0 Å². The smallest absolute Gasteiger partial charge is 2.00 e. The Morgan fingerprint density at radius 2 is 0.486 bits per heavy atom. The van der Waals surface area contributed by atoms with Gasteiger partial charge in [-0.1, -0.05) is 0 Å². The zero-order valence-electron chi connectivity index (χ0n) is 23.1. The van der Waals surface area contributed by atoms with Crippen molar-refractivity contribution in [3.05, 3.63) is 0 Å². The van der Waals surface area contributed by atoms with E-state index in [2.05, 4.69) is 13.8 Å². The Bertz CT molecular complexity index is 340. The Kier molecular flexibility index (Phi) is 51.1. The maximum Gasteiger partial charge on any atom is 2.00 e. The van der Waals surface area contributed by atoms with Crippen LogP contribution in [0.4, 0.5) is 0 Å². The molecule has 0 aromatic heterocycles. The summed E-state index contributed by atoms with van der Waals surface area (Å²) in [6, 6.07) is 0. The summed E-state index contributed by atoms with van der Waals surface area (Å²) in [6.45, 7) is 4.43. The minimum Gasteiger partial charge on any atom is 2.00 e. The molecule has 6 nitrogen and oxygen atoms in total. The number of hydrogen-bond donors (Lipinski definition) is 0. The van der Waals surface area contributed by atoms with Crippen molar-refractivity contribution in [1.29, 1.82) is 0 Å². The third-order valence-electron chi connectivity index (χ3n) is 5.67. The molecule has 0 fully saturated rings. The van der Waals surface area contributed by atoms with Crippen molar-refractivity contribution >= 4 is 129 Å². The van der Waals surface area contributed by atoms with Crippen LogP contribution in [0.3, 0.4) is 0 Å². The molecular weight excluding hydrogens is 566 g/mol. The van der Waals surface area contributed by atoms with Gasteiger partial charge in [-0.05, 0) is 0 Å². The molecule has 0 amide bonds. The molecule has 0 heterocycles. The van der Waals surface area contributed by atoms with Gasteiger partial charge >= 0.3 is 313 Å². The zero-order chi connectivity index (χ0) is 24.6. The van der Waals surface area contributed by atoms with E-state index in [0.29, 0.717) is 12.8 Å². The largest absolute Gasteiger partial charge is 2.00 e. The van der Waals surface area contributed by atoms with Gasteiger partial charge in [-0.2, -0.15) is 0 Å². The van der Waals surface area contributed by atoms with Crippen LogP contribution in [0.15, 0.2) is 0 Å². The van der Waals surface area contributed by atoms with Gasteiger partial charge in [0.1, 0.15) is 0 Å². The first-order valence-electron chi connectivity index (χ1n) is 13.3. The fourth-order valence-electron chi connectivity index (χ4n) is 3.66. The van der Waals surface area contributed by atoms with E-state index in [4.69, 9.17) is 0 Å². The fourth-order valence-corrected chi connectivity index (χ4v) is 5.02. The predicted octanol–water partition coefficient (Wildman–Crippen LogP) is 1.82. The van der Waals surface area contributed by atoms with Crippen molar-refractivity contribution in [2.45, 2.75) is 142 Å². The van der Waals surface area contributed by atoms with Gasteiger partial charge in [0.25, 0.3) is 0 Å². The molecule has 0 aliphatic rings. The molecule has 35 heavy (non-hydrogen) atoms. The summed E-state index contributed by atoms with van der Waals surface area (Å²) in [7, 11) is -9.00. The molecule has 0 unspecified atom stereocenters. The summed E-state index contributed by atoms with van der Waals surface area (Å²) in [6.07, 6.45) is 22.8. The monoisotopic (exact) mass is 618 g/mol. The summed E-state index contributed by atoms with van der Waals surface area (Å²) in [5, 5.41) is 0. The topological polar surface area (TPSA) is 138 Å². The van der Waals surface area contributed by atoms with Crippen LogP contribution in [0.5, 0.6) is 0 Å². The fraction of sp³-hybridized carbons (Fsp3) is 1.00. The Morgan fingerprint density at radius 1 is 0.314 bits per heavy atom. The average Bonchev–Trinajstić information content (AvgIpc) is 2.70. The SMILES string of the molecule is CCCCCCCCCCCC[PH]([O-])([O-])[O-].CCCCCCCCCCCC[PH]([O-])([O-])[O-].[Ca+2].[Ca+2].[Ca+2]. The van der Waals surface area contributed by atoms with E-state index < -0.39 is 15.9 Å². The summed E-state index contributed by atoms with van der Waals surface area (Å²) < 4.78 is 0. The quantitative estimate of drug-likeness (QED) is 0.103. The number of unbranched alkanes of at least 4 members (excludes halogenated alkanes) is 18. The molecule has 0 aromatic carbocycles. The molecule has 0 aliphatic carbocycles. The van der Waals surface area contributed by atoms with Crippen LogP contribution in [0, 0.1) is 0 Å². The van der Waals surface area contributed by atoms with E-state index in [0.717, 1.165) is 25.7 Å². The molecule has 11 heteroatoms. The molecule has 0 rings (SSSR count). The Hall–Kier alpha value is 4.40. The summed E-state index contributed by atoms with van der Waals surface area (Å²) in [5.41, 5.74) is 0. The first kappa shape index (κ1) is 49.1. The van der Waals surface area contributed by atoms with E-state index >= 15 is 0 Å². The molecule has 0 radical (unpaired) electrons. The second-order valence-electron chi connectivity index (χ2n) is 9.23. The molecule has 0 atom stereocenters. The van der Waals surface area contributed by atoms with E-state index in [9.17, 15) is 29.4 Å². The molecule has 0 saturated heterocycles. The Labute approximate surface area is 308 Å². The maximum atomic E-state index is 10.4. The van der Waals surface area contributed by atoms with Gasteiger partial charge in [-0.3, -0.25) is 0 Å². The third-order valence-corrected chi connectivity index (χ3v) is 7.60. The van der Waals surface area contributed by atoms with Crippen LogP contribution in [0.1, 0.15) is 142 Å². The molecule has 0 bridgehead atoms. The summed E-state index contributed by atoms with van der Waals surface area (Å²) >= 11 is 0. The summed E-state index contributed by atoms with van der Waals surface area (Å²) in [4.78, 5) is 62.2. The average molecular weight is 619 g/mol. The maximum absolute atomic E-state index is 10.4. The van der Waals surface area contributed by atoms with Crippen LogP contribution in [-0.2, 0) is 0 Å². The molecule has 200 valence electrons. The van der Waals surface area contributed by atoms with Crippen LogP contribution in [0.25, 0.3) is 0 Å². The van der Waals surface area contributed by atoms with Crippen molar-refractivity contribution in [2.75, 3.05) is 12.3 Å². The van der Waals surface area contributed by atoms with Gasteiger partial charge in [-0.15, -0.1) is 0 Å². The van der Waals surface area contributed by atoms with E-state index in [-0.39, 0.29) is 126 Å². The molecule has 0 aromatic rings. The standard InChI is InChI=1S/2C12H26O3P.3Ca/c2*1-2-3-4-5-6-7-8-9-10-11-12-16(13,14)15;;;/h2*16H,2-12H2,1H3;;;/q2*-3;3*+2. The first-order chi connectivity index (χ1) is 15.1. The van der Waals surface area contributed by atoms with Gasteiger partial charge in [0.15, 0.2) is 0 Å².